The molecular weight excluding hydrogens is 270 g/mol. The third-order valence-electron chi connectivity index (χ3n) is 3.18. The van der Waals surface area contributed by atoms with Crippen LogP contribution in [0.1, 0.15) is 44.3 Å². The molecule has 4 nitrogen and oxygen atoms in total. The standard InChI is InChI=1S/C15H17N3OS/c1-9(2)15-18-12-6-11(4-5-14(12)19-15)17-10(3)13-7-20-8-16-13/h4-10,17H,1-3H3. The minimum Gasteiger partial charge on any atom is -0.440 e. The lowest BCUT2D eigenvalue weighted by molar-refractivity contribution is 0.501. The van der Waals surface area contributed by atoms with Crippen molar-refractivity contribution in [3.8, 4) is 0 Å². The van der Waals surface area contributed by atoms with Gasteiger partial charge in [-0.3, -0.25) is 0 Å². The molecule has 0 saturated heterocycles. The molecule has 1 unspecified atom stereocenters. The van der Waals surface area contributed by atoms with Gasteiger partial charge >= 0.3 is 0 Å². The summed E-state index contributed by atoms with van der Waals surface area (Å²) in [6.07, 6.45) is 0. The average Bonchev–Trinajstić information content (AvgIpc) is 3.07. The molecule has 104 valence electrons. The van der Waals surface area contributed by atoms with Gasteiger partial charge in [0.25, 0.3) is 0 Å². The molecule has 5 heteroatoms. The third-order valence-corrected chi connectivity index (χ3v) is 3.78. The molecule has 1 atom stereocenters. The molecule has 2 heterocycles. The summed E-state index contributed by atoms with van der Waals surface area (Å²) in [6, 6.07) is 6.17. The van der Waals surface area contributed by atoms with Gasteiger partial charge in [0.1, 0.15) is 5.52 Å². The second-order valence-electron chi connectivity index (χ2n) is 5.17. The summed E-state index contributed by atoms with van der Waals surface area (Å²) in [4.78, 5) is 8.85. The van der Waals surface area contributed by atoms with Crippen LogP contribution in [0.4, 0.5) is 5.69 Å². The monoisotopic (exact) mass is 287 g/mol. The van der Waals surface area contributed by atoms with E-state index >= 15 is 0 Å². The molecule has 0 saturated carbocycles. The highest BCUT2D eigenvalue weighted by Crippen LogP contribution is 2.25. The van der Waals surface area contributed by atoms with Crippen molar-refractivity contribution in [2.75, 3.05) is 5.32 Å². The Morgan fingerprint density at radius 3 is 2.80 bits per heavy atom. The molecule has 0 amide bonds. The number of nitrogens with one attached hydrogen (secondary N) is 1. The summed E-state index contributed by atoms with van der Waals surface area (Å²) in [7, 11) is 0. The fourth-order valence-electron chi connectivity index (χ4n) is 2.04. The van der Waals surface area contributed by atoms with Crippen LogP contribution in [-0.4, -0.2) is 9.97 Å². The maximum Gasteiger partial charge on any atom is 0.198 e. The van der Waals surface area contributed by atoms with Gasteiger partial charge in [0, 0.05) is 17.0 Å². The topological polar surface area (TPSA) is 51.0 Å². The van der Waals surface area contributed by atoms with E-state index in [1.165, 1.54) is 0 Å². The molecule has 0 fully saturated rings. The highest BCUT2D eigenvalue weighted by atomic mass is 32.1. The molecule has 1 N–H and O–H groups in total. The first-order valence-corrected chi connectivity index (χ1v) is 7.63. The normalized spacial score (nSPS) is 13.0. The summed E-state index contributed by atoms with van der Waals surface area (Å²) >= 11 is 1.61. The Morgan fingerprint density at radius 1 is 1.25 bits per heavy atom. The number of hydrogen-bond acceptors (Lipinski definition) is 5. The van der Waals surface area contributed by atoms with E-state index in [1.54, 1.807) is 11.3 Å². The third kappa shape index (κ3) is 2.54. The molecule has 2 aromatic heterocycles. The van der Waals surface area contributed by atoms with E-state index in [1.807, 2.05) is 23.7 Å². The van der Waals surface area contributed by atoms with E-state index in [-0.39, 0.29) is 6.04 Å². The molecule has 0 aliphatic carbocycles. The number of rotatable bonds is 4. The fraction of sp³-hybridized carbons (Fsp3) is 0.333. The second-order valence-corrected chi connectivity index (χ2v) is 5.89. The van der Waals surface area contributed by atoms with Gasteiger partial charge in [0.15, 0.2) is 11.5 Å². The van der Waals surface area contributed by atoms with Crippen molar-refractivity contribution in [1.82, 2.24) is 9.97 Å². The second kappa shape index (κ2) is 5.25. The molecule has 3 aromatic rings. The van der Waals surface area contributed by atoms with Gasteiger partial charge in [-0.15, -0.1) is 11.3 Å². The predicted octanol–water partition coefficient (Wildman–Crippen LogP) is 4.58. The predicted molar refractivity (Wildman–Crippen MR) is 82.2 cm³/mol. The smallest absolute Gasteiger partial charge is 0.198 e. The lowest BCUT2D eigenvalue weighted by atomic mass is 10.2. The number of thiazole rings is 1. The Balaban J connectivity index is 1.85. The first-order valence-electron chi connectivity index (χ1n) is 6.68. The van der Waals surface area contributed by atoms with Crippen LogP contribution in [0.2, 0.25) is 0 Å². The van der Waals surface area contributed by atoms with Crippen LogP contribution in [0.15, 0.2) is 33.5 Å². The molecular formula is C15H17N3OS. The number of oxazole rings is 1. The number of anilines is 1. The van der Waals surface area contributed by atoms with Crippen LogP contribution in [0.25, 0.3) is 11.1 Å². The summed E-state index contributed by atoms with van der Waals surface area (Å²) < 4.78 is 5.71. The lowest BCUT2D eigenvalue weighted by Gasteiger charge is -2.12. The molecule has 0 aliphatic heterocycles. The molecule has 0 spiro atoms. The van der Waals surface area contributed by atoms with E-state index in [0.717, 1.165) is 28.4 Å². The minimum absolute atomic E-state index is 0.176. The summed E-state index contributed by atoms with van der Waals surface area (Å²) in [5, 5.41) is 5.50. The number of fused-ring (bicyclic) bond motifs is 1. The number of aromatic nitrogens is 2. The van der Waals surface area contributed by atoms with Gasteiger partial charge in [-0.1, -0.05) is 13.8 Å². The first-order chi connectivity index (χ1) is 9.63. The van der Waals surface area contributed by atoms with E-state index < -0.39 is 0 Å². The summed E-state index contributed by atoms with van der Waals surface area (Å²) in [5.74, 6) is 1.08. The average molecular weight is 287 g/mol. The Kier molecular flexibility index (Phi) is 3.44. The Bertz CT molecular complexity index is 703. The highest BCUT2D eigenvalue weighted by molar-refractivity contribution is 7.07. The zero-order valence-electron chi connectivity index (χ0n) is 11.8. The van der Waals surface area contributed by atoms with E-state index in [2.05, 4.69) is 41.4 Å². The van der Waals surface area contributed by atoms with Gasteiger partial charge in [-0.25, -0.2) is 9.97 Å². The van der Waals surface area contributed by atoms with Crippen LogP contribution < -0.4 is 5.32 Å². The van der Waals surface area contributed by atoms with Gasteiger partial charge in [-0.05, 0) is 25.1 Å². The zero-order valence-corrected chi connectivity index (χ0v) is 12.6. The Morgan fingerprint density at radius 2 is 2.10 bits per heavy atom. The Hall–Kier alpha value is -1.88. The molecule has 20 heavy (non-hydrogen) atoms. The number of nitrogens with zero attached hydrogens (tertiary/aromatic N) is 2. The van der Waals surface area contributed by atoms with Gasteiger partial charge in [0.2, 0.25) is 0 Å². The van der Waals surface area contributed by atoms with E-state index in [0.29, 0.717) is 5.92 Å². The molecule has 0 aliphatic rings. The SMILES string of the molecule is CC(C)c1nc2cc(NC(C)c3cscn3)ccc2o1. The van der Waals surface area contributed by atoms with Crippen LogP contribution in [0.5, 0.6) is 0 Å². The molecule has 0 bridgehead atoms. The van der Waals surface area contributed by atoms with Crippen LogP contribution in [0, 0.1) is 0 Å². The van der Waals surface area contributed by atoms with Crippen molar-refractivity contribution < 1.29 is 4.42 Å². The number of benzene rings is 1. The van der Waals surface area contributed by atoms with Crippen molar-refractivity contribution in [3.63, 3.8) is 0 Å². The van der Waals surface area contributed by atoms with Crippen molar-refractivity contribution in [2.24, 2.45) is 0 Å². The van der Waals surface area contributed by atoms with Crippen molar-refractivity contribution >= 4 is 28.1 Å². The van der Waals surface area contributed by atoms with Gasteiger partial charge in [0.05, 0.1) is 17.2 Å². The van der Waals surface area contributed by atoms with Crippen molar-refractivity contribution in [2.45, 2.75) is 32.7 Å². The van der Waals surface area contributed by atoms with Crippen LogP contribution >= 0.6 is 11.3 Å². The van der Waals surface area contributed by atoms with Crippen LogP contribution in [-0.2, 0) is 0 Å². The largest absolute Gasteiger partial charge is 0.440 e. The first kappa shape index (κ1) is 13.1. The molecule has 3 rings (SSSR count). The molecule has 0 radical (unpaired) electrons. The van der Waals surface area contributed by atoms with Crippen molar-refractivity contribution in [1.29, 1.82) is 0 Å². The van der Waals surface area contributed by atoms with Crippen molar-refractivity contribution in [3.05, 3.63) is 40.7 Å². The lowest BCUT2D eigenvalue weighted by Crippen LogP contribution is -2.06. The summed E-state index contributed by atoms with van der Waals surface area (Å²) in [6.45, 7) is 6.25. The number of hydrogen-bond donors (Lipinski definition) is 1. The molecule has 1 aromatic carbocycles. The van der Waals surface area contributed by atoms with E-state index in [9.17, 15) is 0 Å². The van der Waals surface area contributed by atoms with Gasteiger partial charge < -0.3 is 9.73 Å². The summed E-state index contributed by atoms with van der Waals surface area (Å²) in [5.41, 5.74) is 5.66. The van der Waals surface area contributed by atoms with E-state index in [4.69, 9.17) is 4.42 Å². The van der Waals surface area contributed by atoms with Crippen LogP contribution in [0.3, 0.4) is 0 Å². The maximum absolute atomic E-state index is 5.71. The minimum atomic E-state index is 0.176. The quantitative estimate of drug-likeness (QED) is 0.763. The Labute approximate surface area is 121 Å². The fourth-order valence-corrected chi connectivity index (χ4v) is 2.69. The maximum atomic E-state index is 5.71. The zero-order chi connectivity index (χ0) is 14.1. The highest BCUT2D eigenvalue weighted by Gasteiger charge is 2.11. The van der Waals surface area contributed by atoms with Gasteiger partial charge in [-0.2, -0.15) is 0 Å².